The Morgan fingerprint density at radius 1 is 1.13 bits per heavy atom. The molecule has 0 rings (SSSR count). The van der Waals surface area contributed by atoms with Crippen LogP contribution in [0.1, 0.15) is 59.3 Å². The molecule has 0 radical (unpaired) electrons. The lowest BCUT2D eigenvalue weighted by atomic mass is 10.1. The zero-order chi connectivity index (χ0) is 11.7. The Labute approximate surface area is 97.5 Å². The number of unbranched alkanes of at least 4 members (excludes halogenated alkanes) is 2. The molecule has 0 aromatic rings. The molecule has 0 aliphatic rings. The van der Waals surface area contributed by atoms with Crippen molar-refractivity contribution < 1.29 is 4.21 Å². The fraction of sp³-hybridized carbons (Fsp3) is 1.00. The summed E-state index contributed by atoms with van der Waals surface area (Å²) in [4.78, 5) is 0. The molecule has 3 unspecified atom stereocenters. The van der Waals surface area contributed by atoms with Crippen LogP contribution in [0.25, 0.3) is 0 Å². The highest BCUT2D eigenvalue weighted by atomic mass is 32.2. The smallest absolute Gasteiger partial charge is 0.0496 e. The van der Waals surface area contributed by atoms with Crippen molar-refractivity contribution in [1.29, 1.82) is 0 Å². The van der Waals surface area contributed by atoms with Gasteiger partial charge in [-0.25, -0.2) is 0 Å². The molecule has 2 nitrogen and oxygen atoms in total. The molecule has 0 aromatic carbocycles. The van der Waals surface area contributed by atoms with Gasteiger partial charge in [0, 0.05) is 27.8 Å². The molecule has 0 fully saturated rings. The zero-order valence-electron chi connectivity index (χ0n) is 10.5. The first kappa shape index (κ1) is 15.1. The lowest BCUT2D eigenvalue weighted by Crippen LogP contribution is -2.38. The van der Waals surface area contributed by atoms with Crippen molar-refractivity contribution in [2.75, 3.05) is 5.75 Å². The molecule has 3 heteroatoms. The lowest BCUT2D eigenvalue weighted by Gasteiger charge is -2.21. The summed E-state index contributed by atoms with van der Waals surface area (Å²) in [5.74, 6) is 0.837. The van der Waals surface area contributed by atoms with Gasteiger partial charge in [0.25, 0.3) is 0 Å². The van der Waals surface area contributed by atoms with Crippen molar-refractivity contribution >= 4 is 10.8 Å². The molecule has 0 aliphatic heterocycles. The molecule has 3 atom stereocenters. The van der Waals surface area contributed by atoms with E-state index in [0.717, 1.165) is 31.4 Å². The van der Waals surface area contributed by atoms with Crippen molar-refractivity contribution in [2.24, 2.45) is 5.73 Å². The van der Waals surface area contributed by atoms with Crippen molar-refractivity contribution in [1.82, 2.24) is 0 Å². The molecule has 0 aromatic heterocycles. The first-order chi connectivity index (χ1) is 7.17. The van der Waals surface area contributed by atoms with Gasteiger partial charge in [0.1, 0.15) is 0 Å². The molecule has 15 heavy (non-hydrogen) atoms. The third-order valence-electron chi connectivity index (χ3n) is 2.79. The van der Waals surface area contributed by atoms with Gasteiger partial charge in [0.05, 0.1) is 0 Å². The fourth-order valence-electron chi connectivity index (χ4n) is 1.85. The van der Waals surface area contributed by atoms with E-state index in [-0.39, 0.29) is 11.3 Å². The minimum absolute atomic E-state index is 0.127. The average Bonchev–Trinajstić information content (AvgIpc) is 2.19. The van der Waals surface area contributed by atoms with Gasteiger partial charge >= 0.3 is 0 Å². The maximum atomic E-state index is 12.0. The first-order valence-corrected chi connectivity index (χ1v) is 7.68. The van der Waals surface area contributed by atoms with Crippen LogP contribution >= 0.6 is 0 Å². The quantitative estimate of drug-likeness (QED) is 0.622. The van der Waals surface area contributed by atoms with Gasteiger partial charge in [-0.15, -0.1) is 0 Å². The van der Waals surface area contributed by atoms with Gasteiger partial charge in [-0.2, -0.15) is 0 Å². The van der Waals surface area contributed by atoms with E-state index in [4.69, 9.17) is 5.73 Å². The molecule has 0 heterocycles. The normalized spacial score (nSPS) is 17.3. The van der Waals surface area contributed by atoms with Gasteiger partial charge < -0.3 is 5.73 Å². The summed E-state index contributed by atoms with van der Waals surface area (Å²) < 4.78 is 12.0. The second-order valence-corrected chi connectivity index (χ2v) is 5.97. The second-order valence-electron chi connectivity index (χ2n) is 4.19. The number of hydrogen-bond acceptors (Lipinski definition) is 2. The van der Waals surface area contributed by atoms with Crippen LogP contribution in [0.5, 0.6) is 0 Å². The molecular weight excluding hydrogens is 206 g/mol. The van der Waals surface area contributed by atoms with Crippen LogP contribution in [-0.4, -0.2) is 21.3 Å². The highest BCUT2D eigenvalue weighted by molar-refractivity contribution is 7.85. The second kappa shape index (κ2) is 9.34. The number of rotatable bonds is 9. The third kappa shape index (κ3) is 6.31. The largest absolute Gasteiger partial charge is 0.327 e. The minimum Gasteiger partial charge on any atom is -0.327 e. The van der Waals surface area contributed by atoms with E-state index in [1.54, 1.807) is 0 Å². The Hall–Kier alpha value is 0.110. The van der Waals surface area contributed by atoms with Gasteiger partial charge in [-0.1, -0.05) is 40.0 Å². The molecule has 2 N–H and O–H groups in total. The monoisotopic (exact) mass is 233 g/mol. The van der Waals surface area contributed by atoms with Crippen LogP contribution in [0.4, 0.5) is 0 Å². The molecule has 0 saturated heterocycles. The van der Waals surface area contributed by atoms with Crippen LogP contribution in [0.2, 0.25) is 0 Å². The topological polar surface area (TPSA) is 43.1 Å². The highest BCUT2D eigenvalue weighted by Gasteiger charge is 2.20. The van der Waals surface area contributed by atoms with Crippen LogP contribution in [0.3, 0.4) is 0 Å². The van der Waals surface area contributed by atoms with Crippen molar-refractivity contribution in [3.8, 4) is 0 Å². The first-order valence-electron chi connectivity index (χ1n) is 6.30. The van der Waals surface area contributed by atoms with E-state index in [1.807, 2.05) is 0 Å². The lowest BCUT2D eigenvalue weighted by molar-refractivity contribution is 0.548. The molecule has 0 amide bonds. The molecule has 0 aliphatic carbocycles. The summed E-state index contributed by atoms with van der Waals surface area (Å²) in [6, 6.07) is 0.127. The average molecular weight is 233 g/mol. The fourth-order valence-corrected chi connectivity index (χ4v) is 3.54. The van der Waals surface area contributed by atoms with Crippen molar-refractivity contribution in [3.05, 3.63) is 0 Å². The Morgan fingerprint density at radius 2 is 1.80 bits per heavy atom. The van der Waals surface area contributed by atoms with Crippen molar-refractivity contribution in [2.45, 2.75) is 70.6 Å². The van der Waals surface area contributed by atoms with Gasteiger partial charge in [-0.05, 0) is 19.3 Å². The summed E-state index contributed by atoms with van der Waals surface area (Å²) in [6.45, 7) is 6.40. The van der Waals surface area contributed by atoms with E-state index in [2.05, 4.69) is 20.8 Å². The molecule has 0 spiro atoms. The summed E-state index contributed by atoms with van der Waals surface area (Å²) in [7, 11) is -0.716. The number of hydrogen-bond donors (Lipinski definition) is 1. The van der Waals surface area contributed by atoms with Gasteiger partial charge in [0.2, 0.25) is 0 Å². The summed E-state index contributed by atoms with van der Waals surface area (Å²) in [5.41, 5.74) is 6.05. The summed E-state index contributed by atoms with van der Waals surface area (Å²) in [5, 5.41) is 0.210. The zero-order valence-corrected chi connectivity index (χ0v) is 11.3. The number of nitrogens with two attached hydrogens (primary N) is 1. The third-order valence-corrected chi connectivity index (χ3v) is 4.84. The van der Waals surface area contributed by atoms with E-state index in [1.165, 1.54) is 12.8 Å². The van der Waals surface area contributed by atoms with Crippen LogP contribution in [-0.2, 0) is 10.8 Å². The van der Waals surface area contributed by atoms with Crippen molar-refractivity contribution in [3.63, 3.8) is 0 Å². The Kier molecular flexibility index (Phi) is 9.41. The Balaban J connectivity index is 3.97. The molecule has 0 bridgehead atoms. The van der Waals surface area contributed by atoms with Gasteiger partial charge in [-0.3, -0.25) is 4.21 Å². The highest BCUT2D eigenvalue weighted by Crippen LogP contribution is 2.12. The van der Waals surface area contributed by atoms with Gasteiger partial charge in [0.15, 0.2) is 0 Å². The maximum absolute atomic E-state index is 12.0. The molecular formula is C12H27NOS. The SMILES string of the molecule is CCCCCS(=O)C(CC)C(N)CCC. The standard InChI is InChI=1S/C12H27NOS/c1-4-7-8-10-15(14)12(6-3)11(13)9-5-2/h11-12H,4-10,13H2,1-3H3. The predicted octanol–water partition coefficient (Wildman–Crippen LogP) is 2.83. The Morgan fingerprint density at radius 3 is 2.27 bits per heavy atom. The summed E-state index contributed by atoms with van der Waals surface area (Å²) >= 11 is 0. The van der Waals surface area contributed by atoms with E-state index in [9.17, 15) is 4.21 Å². The van der Waals surface area contributed by atoms with E-state index in [0.29, 0.717) is 0 Å². The van der Waals surface area contributed by atoms with E-state index >= 15 is 0 Å². The van der Waals surface area contributed by atoms with Crippen LogP contribution < -0.4 is 5.73 Å². The maximum Gasteiger partial charge on any atom is 0.0496 e. The van der Waals surface area contributed by atoms with Crippen LogP contribution in [0.15, 0.2) is 0 Å². The predicted molar refractivity (Wildman–Crippen MR) is 69.5 cm³/mol. The summed E-state index contributed by atoms with van der Waals surface area (Å²) in [6.07, 6.45) is 6.49. The molecule has 0 saturated carbocycles. The Bertz CT molecular complexity index is 173. The van der Waals surface area contributed by atoms with E-state index < -0.39 is 10.8 Å². The molecule has 92 valence electrons. The minimum atomic E-state index is -0.716. The van der Waals surface area contributed by atoms with Crippen LogP contribution in [0, 0.1) is 0 Å².